The molecule has 0 aliphatic heterocycles. The number of amides is 1. The third kappa shape index (κ3) is 2.77. The van der Waals surface area contributed by atoms with E-state index in [1.54, 1.807) is 6.07 Å². The summed E-state index contributed by atoms with van der Waals surface area (Å²) in [4.78, 5) is 17.8. The molecule has 0 spiro atoms. The van der Waals surface area contributed by atoms with Gasteiger partial charge in [0.05, 0.1) is 15.8 Å². The molecule has 1 radical (unpaired) electrons. The van der Waals surface area contributed by atoms with Crippen LogP contribution in [0.3, 0.4) is 0 Å². The van der Waals surface area contributed by atoms with Crippen LogP contribution >= 0.6 is 11.3 Å². The third-order valence-electron chi connectivity index (χ3n) is 2.45. The van der Waals surface area contributed by atoms with Crippen LogP contribution in [-0.4, -0.2) is 43.0 Å². The van der Waals surface area contributed by atoms with Gasteiger partial charge in [0.1, 0.15) is 0 Å². The second-order valence-electron chi connectivity index (χ2n) is 4.20. The minimum Gasteiger partial charge on any atom is -0.366 e. The maximum atomic E-state index is 11.3. The molecule has 3 N–H and O–H groups in total. The van der Waals surface area contributed by atoms with Gasteiger partial charge in [-0.05, 0) is 32.3 Å². The number of carbonyl (C=O) groups excluding carboxylic acids is 1. The first-order valence-corrected chi connectivity index (χ1v) is 6.38. The zero-order valence-corrected chi connectivity index (χ0v) is 11.2. The summed E-state index contributed by atoms with van der Waals surface area (Å²) in [6.45, 7) is 1.73. The molecular formula is C12H15N4OS. The van der Waals surface area contributed by atoms with E-state index in [1.165, 1.54) is 11.3 Å². The van der Waals surface area contributed by atoms with Gasteiger partial charge >= 0.3 is 0 Å². The molecule has 0 fully saturated rings. The van der Waals surface area contributed by atoms with Crippen molar-refractivity contribution in [3.8, 4) is 0 Å². The molecule has 1 aromatic heterocycles. The molecule has 95 valence electrons. The molecule has 0 aliphatic rings. The number of anilines is 1. The minimum absolute atomic E-state index is 0.421. The molecule has 18 heavy (non-hydrogen) atoms. The van der Waals surface area contributed by atoms with Gasteiger partial charge in [-0.15, -0.1) is 0 Å². The number of nitrogens with two attached hydrogens (primary N) is 1. The van der Waals surface area contributed by atoms with Crippen LogP contribution in [0.2, 0.25) is 0 Å². The van der Waals surface area contributed by atoms with E-state index in [4.69, 9.17) is 5.73 Å². The Hall–Kier alpha value is -1.66. The number of hydrogen-bond acceptors (Lipinski definition) is 5. The Labute approximate surface area is 110 Å². The number of aromatic nitrogens is 1. The number of rotatable bonds is 5. The lowest BCUT2D eigenvalue weighted by molar-refractivity contribution is 0.100. The topological polar surface area (TPSA) is 71.2 Å². The predicted octanol–water partition coefficient (Wildman–Crippen LogP) is 1.17. The van der Waals surface area contributed by atoms with Crippen molar-refractivity contribution >= 4 is 32.6 Å². The molecule has 1 heterocycles. The molecule has 1 amide bonds. The second kappa shape index (κ2) is 5.32. The first-order chi connectivity index (χ1) is 8.58. The van der Waals surface area contributed by atoms with Gasteiger partial charge in [0.15, 0.2) is 5.13 Å². The number of primary amides is 1. The summed E-state index contributed by atoms with van der Waals surface area (Å²) in [6, 6.07) is 6.30. The number of thiazole rings is 1. The van der Waals surface area contributed by atoms with Gasteiger partial charge in [-0.25, -0.2) is 4.98 Å². The highest BCUT2D eigenvalue weighted by atomic mass is 32.1. The lowest BCUT2D eigenvalue weighted by Crippen LogP contribution is -2.20. The highest BCUT2D eigenvalue weighted by molar-refractivity contribution is 7.22. The van der Waals surface area contributed by atoms with E-state index in [1.807, 2.05) is 20.2 Å². The number of nitrogens with one attached hydrogen (secondary N) is 1. The van der Waals surface area contributed by atoms with Crippen LogP contribution in [-0.2, 0) is 0 Å². The fourth-order valence-corrected chi connectivity index (χ4v) is 2.44. The number of nitrogens with zero attached hydrogens (tertiary/aromatic N) is 2. The second-order valence-corrected chi connectivity index (χ2v) is 5.23. The quantitative estimate of drug-likeness (QED) is 0.849. The zero-order chi connectivity index (χ0) is 13.1. The Morgan fingerprint density at radius 3 is 3.00 bits per heavy atom. The molecule has 0 aliphatic carbocycles. The molecule has 5 nitrogen and oxygen atoms in total. The monoisotopic (exact) mass is 263 g/mol. The Bertz CT molecular complexity index is 564. The van der Waals surface area contributed by atoms with Crippen molar-refractivity contribution in [3.63, 3.8) is 0 Å². The van der Waals surface area contributed by atoms with Crippen LogP contribution in [0.15, 0.2) is 12.1 Å². The number of hydrogen-bond donors (Lipinski definition) is 2. The number of carbonyl (C=O) groups is 1. The van der Waals surface area contributed by atoms with E-state index >= 15 is 0 Å². The highest BCUT2D eigenvalue weighted by Crippen LogP contribution is 2.27. The average molecular weight is 263 g/mol. The fraction of sp³-hybridized carbons (Fsp3) is 0.333. The van der Waals surface area contributed by atoms with Crippen molar-refractivity contribution in [2.45, 2.75) is 0 Å². The van der Waals surface area contributed by atoms with E-state index in [0.29, 0.717) is 11.1 Å². The van der Waals surface area contributed by atoms with Gasteiger partial charge in [0.25, 0.3) is 5.91 Å². The molecule has 2 rings (SSSR count). The van der Waals surface area contributed by atoms with Crippen LogP contribution in [0.25, 0.3) is 10.2 Å². The maximum absolute atomic E-state index is 11.3. The van der Waals surface area contributed by atoms with Crippen molar-refractivity contribution in [2.75, 3.05) is 32.5 Å². The van der Waals surface area contributed by atoms with E-state index in [0.717, 1.165) is 22.9 Å². The van der Waals surface area contributed by atoms with E-state index in [-0.39, 0.29) is 0 Å². The van der Waals surface area contributed by atoms with Crippen molar-refractivity contribution in [2.24, 2.45) is 5.73 Å². The van der Waals surface area contributed by atoms with Crippen LogP contribution in [0.5, 0.6) is 0 Å². The summed E-state index contributed by atoms with van der Waals surface area (Å²) in [5, 5.41) is 4.03. The minimum atomic E-state index is -0.470. The van der Waals surface area contributed by atoms with Gasteiger partial charge < -0.3 is 16.0 Å². The third-order valence-corrected chi connectivity index (χ3v) is 3.41. The number of fused-ring (bicyclic) bond motifs is 1. The highest BCUT2D eigenvalue weighted by Gasteiger charge is 2.11. The van der Waals surface area contributed by atoms with Crippen LogP contribution in [0, 0.1) is 6.07 Å². The SMILES string of the molecule is CN(C)CCNc1nc2c(C(N)=O)c[c]cc2s1. The molecule has 1 aromatic carbocycles. The Morgan fingerprint density at radius 2 is 2.33 bits per heavy atom. The molecule has 0 bridgehead atoms. The van der Waals surface area contributed by atoms with Crippen molar-refractivity contribution < 1.29 is 4.79 Å². The first kappa shape index (κ1) is 12.8. The Balaban J connectivity index is 2.22. The van der Waals surface area contributed by atoms with Gasteiger partial charge in [0.2, 0.25) is 0 Å². The lowest BCUT2D eigenvalue weighted by Gasteiger charge is -2.08. The molecular weight excluding hydrogens is 248 g/mol. The largest absolute Gasteiger partial charge is 0.366 e. The first-order valence-electron chi connectivity index (χ1n) is 5.57. The smallest absolute Gasteiger partial charge is 0.250 e. The molecule has 6 heteroatoms. The van der Waals surface area contributed by atoms with Gasteiger partial charge in [-0.2, -0.15) is 0 Å². The maximum Gasteiger partial charge on any atom is 0.250 e. The predicted molar refractivity (Wildman–Crippen MR) is 74.0 cm³/mol. The summed E-state index contributed by atoms with van der Waals surface area (Å²) in [7, 11) is 4.03. The van der Waals surface area contributed by atoms with E-state index in [9.17, 15) is 4.79 Å². The van der Waals surface area contributed by atoms with Crippen molar-refractivity contribution in [1.82, 2.24) is 9.88 Å². The van der Waals surface area contributed by atoms with E-state index in [2.05, 4.69) is 21.3 Å². The van der Waals surface area contributed by atoms with Gasteiger partial charge in [0, 0.05) is 13.1 Å². The average Bonchev–Trinajstić information content (AvgIpc) is 2.70. The summed E-state index contributed by atoms with van der Waals surface area (Å²) in [5.41, 5.74) is 6.38. The van der Waals surface area contributed by atoms with E-state index < -0.39 is 5.91 Å². The van der Waals surface area contributed by atoms with Crippen LogP contribution in [0.1, 0.15) is 10.4 Å². The summed E-state index contributed by atoms with van der Waals surface area (Å²) in [6.07, 6.45) is 0. The molecule has 2 aromatic rings. The number of benzene rings is 1. The lowest BCUT2D eigenvalue weighted by atomic mass is 10.2. The Kier molecular flexibility index (Phi) is 3.78. The molecule has 0 atom stereocenters. The summed E-state index contributed by atoms with van der Waals surface area (Å²) >= 11 is 1.50. The molecule has 0 saturated carbocycles. The number of likely N-dealkylation sites (N-methyl/N-ethyl adjacent to an activating group) is 1. The van der Waals surface area contributed by atoms with Gasteiger partial charge in [-0.1, -0.05) is 11.3 Å². The van der Waals surface area contributed by atoms with Crippen molar-refractivity contribution in [1.29, 1.82) is 0 Å². The van der Waals surface area contributed by atoms with Gasteiger partial charge in [-0.3, -0.25) is 4.79 Å². The zero-order valence-electron chi connectivity index (χ0n) is 10.4. The summed E-state index contributed by atoms with van der Waals surface area (Å²) in [5.74, 6) is -0.470. The fourth-order valence-electron chi connectivity index (χ4n) is 1.54. The Morgan fingerprint density at radius 1 is 1.56 bits per heavy atom. The molecule has 0 unspecified atom stereocenters. The normalized spacial score (nSPS) is 11.1. The standard InChI is InChI=1S/C12H15N4OS/c1-16(2)7-6-14-12-15-10-8(11(13)17)4-3-5-9(10)18-12/h4-5H,6-7H2,1-2H3,(H2,13,17)(H,14,15). The molecule has 0 saturated heterocycles. The van der Waals surface area contributed by atoms with Crippen LogP contribution in [0.4, 0.5) is 5.13 Å². The summed E-state index contributed by atoms with van der Waals surface area (Å²) < 4.78 is 0.915. The van der Waals surface area contributed by atoms with Crippen LogP contribution < -0.4 is 11.1 Å². The van der Waals surface area contributed by atoms with Crippen molar-refractivity contribution in [3.05, 3.63) is 23.8 Å².